The van der Waals surface area contributed by atoms with Crippen LogP contribution in [0, 0.1) is 13.8 Å². The van der Waals surface area contributed by atoms with Gasteiger partial charge in [-0.15, -0.1) is 0 Å². The van der Waals surface area contributed by atoms with Crippen LogP contribution >= 0.6 is 0 Å². The number of aromatic nitrogens is 2. The van der Waals surface area contributed by atoms with Gasteiger partial charge in [-0.1, -0.05) is 0 Å². The van der Waals surface area contributed by atoms with E-state index in [-0.39, 0.29) is 12.1 Å². The van der Waals surface area contributed by atoms with E-state index in [1.807, 2.05) is 45.6 Å². The molecule has 134 valence electrons. The number of hydrogen-bond donors (Lipinski definition) is 0. The van der Waals surface area contributed by atoms with Gasteiger partial charge >= 0.3 is 12.1 Å². The molecule has 0 aromatic carbocycles. The molecule has 1 fully saturated rings. The molecule has 0 spiro atoms. The number of hydrogen-bond acceptors (Lipinski definition) is 5. The molecule has 24 heavy (non-hydrogen) atoms. The van der Waals surface area contributed by atoms with Crippen molar-refractivity contribution in [2.75, 3.05) is 13.2 Å². The topological polar surface area (TPSA) is 64.5 Å². The SMILES string of the molecule is Cc1cc(C)nc(OCCC2CCCCN2C(=O)OC(C)(C)C)n1. The van der Waals surface area contributed by atoms with Crippen LogP contribution < -0.4 is 4.74 Å². The molecular formula is C18H29N3O3. The average Bonchev–Trinajstić information content (AvgIpc) is 2.45. The first kappa shape index (κ1) is 18.5. The molecule has 1 aliphatic rings. The molecule has 0 radical (unpaired) electrons. The van der Waals surface area contributed by atoms with Crippen LogP contribution in [0.25, 0.3) is 0 Å². The number of likely N-dealkylation sites (tertiary alicyclic amines) is 1. The third-order valence-electron chi connectivity index (χ3n) is 3.90. The predicted molar refractivity (Wildman–Crippen MR) is 92.2 cm³/mol. The van der Waals surface area contributed by atoms with Crippen LogP contribution in [0.5, 0.6) is 6.01 Å². The molecule has 1 saturated heterocycles. The lowest BCUT2D eigenvalue weighted by Crippen LogP contribution is -2.46. The summed E-state index contributed by atoms with van der Waals surface area (Å²) >= 11 is 0. The van der Waals surface area contributed by atoms with E-state index in [4.69, 9.17) is 9.47 Å². The zero-order valence-corrected chi connectivity index (χ0v) is 15.5. The van der Waals surface area contributed by atoms with E-state index in [9.17, 15) is 4.79 Å². The third kappa shape index (κ3) is 5.65. The summed E-state index contributed by atoms with van der Waals surface area (Å²) in [6, 6.07) is 2.48. The van der Waals surface area contributed by atoms with Crippen molar-refractivity contribution in [3.8, 4) is 6.01 Å². The molecular weight excluding hydrogens is 306 g/mol. The van der Waals surface area contributed by atoms with Crippen LogP contribution in [0.4, 0.5) is 4.79 Å². The van der Waals surface area contributed by atoms with Gasteiger partial charge in [0.05, 0.1) is 6.61 Å². The van der Waals surface area contributed by atoms with Gasteiger partial charge in [0.25, 0.3) is 0 Å². The van der Waals surface area contributed by atoms with Crippen LogP contribution in [0.2, 0.25) is 0 Å². The van der Waals surface area contributed by atoms with Crippen molar-refractivity contribution in [1.82, 2.24) is 14.9 Å². The van der Waals surface area contributed by atoms with Crippen molar-refractivity contribution in [2.24, 2.45) is 0 Å². The first-order chi connectivity index (χ1) is 11.2. The van der Waals surface area contributed by atoms with Gasteiger partial charge in [-0.3, -0.25) is 0 Å². The summed E-state index contributed by atoms with van der Waals surface area (Å²) in [5.41, 5.74) is 1.32. The number of piperidine rings is 1. The molecule has 2 rings (SSSR count). The lowest BCUT2D eigenvalue weighted by Gasteiger charge is -2.36. The number of carbonyl (C=O) groups is 1. The first-order valence-corrected chi connectivity index (χ1v) is 8.69. The Hall–Kier alpha value is -1.85. The normalized spacial score (nSPS) is 18.4. The molecule has 0 aliphatic carbocycles. The highest BCUT2D eigenvalue weighted by Crippen LogP contribution is 2.22. The molecule has 0 N–H and O–H groups in total. The fourth-order valence-corrected chi connectivity index (χ4v) is 2.91. The van der Waals surface area contributed by atoms with E-state index < -0.39 is 5.60 Å². The molecule has 1 amide bonds. The summed E-state index contributed by atoms with van der Waals surface area (Å²) in [5, 5.41) is 0. The summed E-state index contributed by atoms with van der Waals surface area (Å²) < 4.78 is 11.2. The molecule has 1 aromatic heterocycles. The van der Waals surface area contributed by atoms with Gasteiger partial charge in [-0.05, 0) is 59.9 Å². The Morgan fingerprint density at radius 1 is 1.25 bits per heavy atom. The van der Waals surface area contributed by atoms with Crippen molar-refractivity contribution in [3.05, 3.63) is 17.5 Å². The molecule has 1 aromatic rings. The number of nitrogens with zero attached hydrogens (tertiary/aromatic N) is 3. The maximum absolute atomic E-state index is 12.4. The van der Waals surface area contributed by atoms with Gasteiger partial charge in [0, 0.05) is 30.4 Å². The van der Waals surface area contributed by atoms with Gasteiger partial charge < -0.3 is 14.4 Å². The molecule has 0 bridgehead atoms. The standard InChI is InChI=1S/C18H29N3O3/c1-13-12-14(2)20-16(19-13)23-11-9-15-8-6-7-10-21(15)17(22)24-18(3,4)5/h12,15H,6-11H2,1-5H3. The maximum Gasteiger partial charge on any atom is 0.410 e. The van der Waals surface area contributed by atoms with E-state index in [2.05, 4.69) is 9.97 Å². The molecule has 1 aliphatic heterocycles. The molecule has 2 heterocycles. The highest BCUT2D eigenvalue weighted by molar-refractivity contribution is 5.68. The van der Waals surface area contributed by atoms with E-state index in [1.165, 1.54) is 0 Å². The maximum atomic E-state index is 12.4. The van der Waals surface area contributed by atoms with Crippen molar-refractivity contribution < 1.29 is 14.3 Å². The van der Waals surface area contributed by atoms with Gasteiger partial charge in [-0.2, -0.15) is 0 Å². The van der Waals surface area contributed by atoms with Crippen LogP contribution in [0.1, 0.15) is 57.8 Å². The van der Waals surface area contributed by atoms with Crippen molar-refractivity contribution in [1.29, 1.82) is 0 Å². The fourth-order valence-electron chi connectivity index (χ4n) is 2.91. The van der Waals surface area contributed by atoms with E-state index in [0.29, 0.717) is 12.6 Å². The zero-order valence-electron chi connectivity index (χ0n) is 15.5. The largest absolute Gasteiger partial charge is 0.463 e. The minimum absolute atomic E-state index is 0.152. The van der Waals surface area contributed by atoms with Gasteiger partial charge in [0.2, 0.25) is 0 Å². The second-order valence-electron chi connectivity index (χ2n) is 7.39. The smallest absolute Gasteiger partial charge is 0.410 e. The van der Waals surface area contributed by atoms with Crippen LogP contribution in [-0.4, -0.2) is 45.8 Å². The predicted octanol–water partition coefficient (Wildman–Crippen LogP) is 3.65. The number of carbonyl (C=O) groups excluding carboxylic acids is 1. The quantitative estimate of drug-likeness (QED) is 0.840. The Morgan fingerprint density at radius 2 is 1.92 bits per heavy atom. The Balaban J connectivity index is 1.90. The van der Waals surface area contributed by atoms with Crippen molar-refractivity contribution in [3.63, 3.8) is 0 Å². The van der Waals surface area contributed by atoms with Crippen molar-refractivity contribution in [2.45, 2.75) is 71.9 Å². The Bertz CT molecular complexity index is 549. The number of aryl methyl sites for hydroxylation is 2. The lowest BCUT2D eigenvalue weighted by molar-refractivity contribution is 0.00732. The van der Waals surface area contributed by atoms with Gasteiger partial charge in [-0.25, -0.2) is 14.8 Å². The lowest BCUT2D eigenvalue weighted by atomic mass is 10.0. The summed E-state index contributed by atoms with van der Waals surface area (Å²) in [6.07, 6.45) is 3.67. The van der Waals surface area contributed by atoms with Crippen LogP contribution in [0.3, 0.4) is 0 Å². The number of amides is 1. The second-order valence-corrected chi connectivity index (χ2v) is 7.39. The Labute approximate surface area is 144 Å². The fraction of sp³-hybridized carbons (Fsp3) is 0.722. The number of ether oxygens (including phenoxy) is 2. The highest BCUT2D eigenvalue weighted by atomic mass is 16.6. The second kappa shape index (κ2) is 7.81. The van der Waals surface area contributed by atoms with Crippen LogP contribution in [0.15, 0.2) is 6.07 Å². The average molecular weight is 335 g/mol. The molecule has 1 unspecified atom stereocenters. The molecule has 0 saturated carbocycles. The molecule has 6 heteroatoms. The van der Waals surface area contributed by atoms with E-state index in [1.54, 1.807) is 0 Å². The summed E-state index contributed by atoms with van der Waals surface area (Å²) in [5.74, 6) is 0. The van der Waals surface area contributed by atoms with E-state index in [0.717, 1.165) is 43.6 Å². The Morgan fingerprint density at radius 3 is 2.54 bits per heavy atom. The van der Waals surface area contributed by atoms with Crippen LogP contribution in [-0.2, 0) is 4.74 Å². The van der Waals surface area contributed by atoms with Gasteiger partial charge in [0.1, 0.15) is 5.60 Å². The van der Waals surface area contributed by atoms with Crippen molar-refractivity contribution >= 4 is 6.09 Å². The van der Waals surface area contributed by atoms with E-state index >= 15 is 0 Å². The zero-order chi connectivity index (χ0) is 17.7. The third-order valence-corrected chi connectivity index (χ3v) is 3.90. The number of rotatable bonds is 4. The molecule has 1 atom stereocenters. The minimum Gasteiger partial charge on any atom is -0.463 e. The summed E-state index contributed by atoms with van der Waals surface area (Å²) in [4.78, 5) is 22.8. The highest BCUT2D eigenvalue weighted by Gasteiger charge is 2.30. The minimum atomic E-state index is -0.470. The summed E-state index contributed by atoms with van der Waals surface area (Å²) in [7, 11) is 0. The first-order valence-electron chi connectivity index (χ1n) is 8.69. The molecule has 6 nitrogen and oxygen atoms in total. The Kier molecular flexibility index (Phi) is 6.02. The summed E-state index contributed by atoms with van der Waals surface area (Å²) in [6.45, 7) is 10.8. The monoisotopic (exact) mass is 335 g/mol. The van der Waals surface area contributed by atoms with Gasteiger partial charge in [0.15, 0.2) is 0 Å².